The van der Waals surface area contributed by atoms with Crippen LogP contribution < -0.4 is 20.1 Å². The summed E-state index contributed by atoms with van der Waals surface area (Å²) in [5, 5.41) is 4.88. The van der Waals surface area contributed by atoms with Crippen molar-refractivity contribution in [1.29, 1.82) is 0 Å². The monoisotopic (exact) mass is 374 g/mol. The zero-order valence-corrected chi connectivity index (χ0v) is 15.6. The number of aryl methyl sites for hydroxylation is 1. The summed E-state index contributed by atoms with van der Waals surface area (Å²) in [6.07, 6.45) is 0.876. The van der Waals surface area contributed by atoms with Gasteiger partial charge in [0.05, 0.1) is 13.7 Å². The Bertz CT molecular complexity index is 824. The molecule has 0 unspecified atom stereocenters. The number of hydrogen-bond donors (Lipinski definition) is 2. The van der Waals surface area contributed by atoms with E-state index in [2.05, 4.69) is 10.6 Å². The van der Waals surface area contributed by atoms with E-state index in [4.69, 9.17) is 9.47 Å². The van der Waals surface area contributed by atoms with Gasteiger partial charge in [0.15, 0.2) is 11.5 Å². The van der Waals surface area contributed by atoms with Crippen molar-refractivity contribution in [2.75, 3.05) is 19.0 Å². The lowest BCUT2D eigenvalue weighted by atomic mass is 10.2. The lowest BCUT2D eigenvalue weighted by Gasteiger charge is -2.12. The molecule has 0 aromatic heterocycles. The number of rotatable bonds is 7. The summed E-state index contributed by atoms with van der Waals surface area (Å²) >= 11 is 0. The lowest BCUT2D eigenvalue weighted by molar-refractivity contribution is -0.136. The Labute approximate surface area is 157 Å². The van der Waals surface area contributed by atoms with E-state index in [9.17, 15) is 14.0 Å². The third kappa shape index (κ3) is 5.70. The number of carbonyl (C=O) groups excluding carboxylic acids is 2. The standard InChI is InChI=1S/C20H23FN2O4/c1-4-9-27-17-8-6-14(10-18(17)26-3)12-22-19(24)20(25)23-15-7-5-13(2)16(21)11-15/h5-8,10-11H,4,9,12H2,1-3H3,(H,22,24)(H,23,25). The molecule has 27 heavy (non-hydrogen) atoms. The van der Waals surface area contributed by atoms with E-state index in [1.54, 1.807) is 25.1 Å². The second-order valence-corrected chi connectivity index (χ2v) is 5.93. The fraction of sp³-hybridized carbons (Fsp3) is 0.300. The molecule has 2 aromatic carbocycles. The fourth-order valence-electron chi connectivity index (χ4n) is 2.27. The van der Waals surface area contributed by atoms with Gasteiger partial charge in [-0.15, -0.1) is 0 Å². The van der Waals surface area contributed by atoms with Gasteiger partial charge in [-0.1, -0.05) is 19.1 Å². The first-order valence-electron chi connectivity index (χ1n) is 8.59. The van der Waals surface area contributed by atoms with Gasteiger partial charge in [-0.3, -0.25) is 9.59 Å². The minimum Gasteiger partial charge on any atom is -0.493 e. The minimum atomic E-state index is -0.867. The van der Waals surface area contributed by atoms with Crippen molar-refractivity contribution in [1.82, 2.24) is 5.32 Å². The van der Waals surface area contributed by atoms with Gasteiger partial charge in [0.1, 0.15) is 5.82 Å². The summed E-state index contributed by atoms with van der Waals surface area (Å²) in [6, 6.07) is 9.49. The first kappa shape index (κ1) is 20.2. The van der Waals surface area contributed by atoms with Gasteiger partial charge in [-0.05, 0) is 48.7 Å². The third-order valence-electron chi connectivity index (χ3n) is 3.78. The van der Waals surface area contributed by atoms with E-state index >= 15 is 0 Å². The number of carbonyl (C=O) groups is 2. The van der Waals surface area contributed by atoms with Crippen molar-refractivity contribution >= 4 is 17.5 Å². The van der Waals surface area contributed by atoms with Crippen molar-refractivity contribution in [2.24, 2.45) is 0 Å². The summed E-state index contributed by atoms with van der Waals surface area (Å²) in [7, 11) is 1.53. The highest BCUT2D eigenvalue weighted by Gasteiger charge is 2.14. The normalized spacial score (nSPS) is 10.2. The van der Waals surface area contributed by atoms with Crippen LogP contribution in [0.25, 0.3) is 0 Å². The van der Waals surface area contributed by atoms with Crippen LogP contribution in [0, 0.1) is 12.7 Å². The Hall–Kier alpha value is -3.09. The molecule has 0 saturated heterocycles. The number of nitrogens with one attached hydrogen (secondary N) is 2. The van der Waals surface area contributed by atoms with E-state index in [-0.39, 0.29) is 12.2 Å². The predicted octanol–water partition coefficient (Wildman–Crippen LogP) is 3.19. The second kappa shape index (κ2) is 9.56. The maximum Gasteiger partial charge on any atom is 0.313 e. The Morgan fingerprint density at radius 3 is 2.52 bits per heavy atom. The molecule has 144 valence electrons. The molecule has 2 amide bonds. The van der Waals surface area contributed by atoms with Crippen LogP contribution in [-0.4, -0.2) is 25.5 Å². The number of hydrogen-bond acceptors (Lipinski definition) is 4. The molecule has 2 rings (SSSR count). The number of methoxy groups -OCH3 is 1. The average Bonchev–Trinajstić information content (AvgIpc) is 2.67. The van der Waals surface area contributed by atoms with Gasteiger partial charge in [0, 0.05) is 12.2 Å². The largest absolute Gasteiger partial charge is 0.493 e. The molecule has 0 aliphatic rings. The number of amides is 2. The van der Waals surface area contributed by atoms with Crippen molar-refractivity contribution in [3.05, 3.63) is 53.3 Å². The first-order valence-corrected chi connectivity index (χ1v) is 8.59. The maximum atomic E-state index is 13.5. The van der Waals surface area contributed by atoms with Crippen LogP contribution in [0.2, 0.25) is 0 Å². The van der Waals surface area contributed by atoms with E-state index in [0.29, 0.717) is 23.7 Å². The molecule has 0 fully saturated rings. The van der Waals surface area contributed by atoms with Crippen LogP contribution >= 0.6 is 0 Å². The SMILES string of the molecule is CCCOc1ccc(CNC(=O)C(=O)Nc2ccc(C)c(F)c2)cc1OC. The van der Waals surface area contributed by atoms with Crippen LogP contribution in [0.1, 0.15) is 24.5 Å². The number of benzene rings is 2. The molecule has 0 atom stereocenters. The van der Waals surface area contributed by atoms with E-state index < -0.39 is 17.6 Å². The first-order chi connectivity index (χ1) is 12.9. The molecule has 7 heteroatoms. The Balaban J connectivity index is 1.93. The highest BCUT2D eigenvalue weighted by atomic mass is 19.1. The van der Waals surface area contributed by atoms with Gasteiger partial charge >= 0.3 is 11.8 Å². The van der Waals surface area contributed by atoms with Gasteiger partial charge < -0.3 is 20.1 Å². The molecule has 2 aromatic rings. The molecule has 0 aliphatic heterocycles. The topological polar surface area (TPSA) is 76.7 Å². The third-order valence-corrected chi connectivity index (χ3v) is 3.78. The summed E-state index contributed by atoms with van der Waals surface area (Å²) in [6.45, 7) is 4.33. The Morgan fingerprint density at radius 1 is 1.07 bits per heavy atom. The predicted molar refractivity (Wildman–Crippen MR) is 100 cm³/mol. The van der Waals surface area contributed by atoms with Crippen LogP contribution in [-0.2, 0) is 16.1 Å². The average molecular weight is 374 g/mol. The Kier molecular flexibility index (Phi) is 7.16. The zero-order chi connectivity index (χ0) is 19.8. The minimum absolute atomic E-state index is 0.138. The highest BCUT2D eigenvalue weighted by molar-refractivity contribution is 6.39. The van der Waals surface area contributed by atoms with Gasteiger partial charge in [-0.2, -0.15) is 0 Å². The summed E-state index contributed by atoms with van der Waals surface area (Å²) < 4.78 is 24.4. The number of ether oxygens (including phenoxy) is 2. The summed E-state index contributed by atoms with van der Waals surface area (Å²) in [5.74, 6) is -0.969. The van der Waals surface area contributed by atoms with Gasteiger partial charge in [0.2, 0.25) is 0 Å². The van der Waals surface area contributed by atoms with Crippen molar-refractivity contribution in [3.63, 3.8) is 0 Å². The smallest absolute Gasteiger partial charge is 0.313 e. The van der Waals surface area contributed by atoms with Crippen molar-refractivity contribution in [3.8, 4) is 11.5 Å². The molecule has 0 radical (unpaired) electrons. The Morgan fingerprint density at radius 2 is 1.85 bits per heavy atom. The lowest BCUT2D eigenvalue weighted by Crippen LogP contribution is -2.35. The van der Waals surface area contributed by atoms with Crippen molar-refractivity contribution in [2.45, 2.75) is 26.8 Å². The zero-order valence-electron chi connectivity index (χ0n) is 15.6. The highest BCUT2D eigenvalue weighted by Crippen LogP contribution is 2.28. The number of halogens is 1. The van der Waals surface area contributed by atoms with E-state index in [1.807, 2.05) is 6.92 Å². The van der Waals surface area contributed by atoms with Crippen LogP contribution in [0.4, 0.5) is 10.1 Å². The van der Waals surface area contributed by atoms with Gasteiger partial charge in [0.25, 0.3) is 0 Å². The van der Waals surface area contributed by atoms with Crippen molar-refractivity contribution < 1.29 is 23.5 Å². The fourth-order valence-corrected chi connectivity index (χ4v) is 2.27. The quantitative estimate of drug-likeness (QED) is 0.730. The van der Waals surface area contributed by atoms with E-state index in [0.717, 1.165) is 12.0 Å². The van der Waals surface area contributed by atoms with Crippen LogP contribution in [0.5, 0.6) is 11.5 Å². The van der Waals surface area contributed by atoms with Gasteiger partial charge in [-0.25, -0.2) is 4.39 Å². The second-order valence-electron chi connectivity index (χ2n) is 5.93. The maximum absolute atomic E-state index is 13.5. The van der Waals surface area contributed by atoms with Crippen LogP contribution in [0.3, 0.4) is 0 Å². The van der Waals surface area contributed by atoms with E-state index in [1.165, 1.54) is 25.3 Å². The molecule has 0 bridgehead atoms. The molecular formula is C20H23FN2O4. The molecular weight excluding hydrogens is 351 g/mol. The summed E-state index contributed by atoms with van der Waals surface area (Å²) in [4.78, 5) is 23.9. The summed E-state index contributed by atoms with van der Waals surface area (Å²) in [5.41, 5.74) is 1.42. The molecule has 0 aliphatic carbocycles. The molecule has 0 spiro atoms. The number of anilines is 1. The van der Waals surface area contributed by atoms with Crippen LogP contribution in [0.15, 0.2) is 36.4 Å². The molecule has 6 nitrogen and oxygen atoms in total. The molecule has 0 heterocycles. The molecule has 2 N–H and O–H groups in total. The molecule has 0 saturated carbocycles.